The lowest BCUT2D eigenvalue weighted by Crippen LogP contribution is -2.15. The molecule has 1 aliphatic carbocycles. The van der Waals surface area contributed by atoms with Crippen LogP contribution >= 0.6 is 11.6 Å². The molecule has 0 aliphatic heterocycles. The molecule has 0 saturated heterocycles. The molecule has 0 aromatic heterocycles. The lowest BCUT2D eigenvalue weighted by molar-refractivity contribution is 1.10. The summed E-state index contributed by atoms with van der Waals surface area (Å²) in [5.74, 6) is 0. The molecule has 1 aromatic rings. The molecule has 0 N–H and O–H groups in total. The summed E-state index contributed by atoms with van der Waals surface area (Å²) in [5, 5.41) is 0.992. The van der Waals surface area contributed by atoms with Crippen molar-refractivity contribution in [3.8, 4) is 0 Å². The molecule has 2 heteroatoms. The number of fused-ring (bicyclic) bond motifs is 1. The molecule has 0 amide bonds. The largest absolute Gasteiger partial charge is 0.0837 e. The van der Waals surface area contributed by atoms with E-state index in [4.69, 9.17) is 11.6 Å². The van der Waals surface area contributed by atoms with Crippen LogP contribution in [0.4, 0.5) is 0 Å². The Bertz CT molecular complexity index is 393. The second-order valence-corrected chi connectivity index (χ2v) is 7.84. The van der Waals surface area contributed by atoms with E-state index >= 15 is 0 Å². The Labute approximate surface area is 92.2 Å². The second-order valence-electron chi connectivity index (χ2n) is 4.31. The van der Waals surface area contributed by atoms with Crippen LogP contribution in [0.2, 0.25) is 13.1 Å². The minimum absolute atomic E-state index is 0.652. The van der Waals surface area contributed by atoms with Crippen LogP contribution in [0.1, 0.15) is 23.6 Å². The number of allylic oxidation sites excluding steroid dienone is 1. The predicted molar refractivity (Wildman–Crippen MR) is 66.5 cm³/mol. The fourth-order valence-corrected chi connectivity index (χ4v) is 4.98. The van der Waals surface area contributed by atoms with Gasteiger partial charge in [0.1, 0.15) is 0 Å². The molecule has 1 aromatic carbocycles. The van der Waals surface area contributed by atoms with Crippen LogP contribution in [-0.2, 0) is 0 Å². The van der Waals surface area contributed by atoms with E-state index in [0.29, 0.717) is 5.54 Å². The molecule has 0 nitrogen and oxygen atoms in total. The van der Waals surface area contributed by atoms with Crippen LogP contribution in [0.3, 0.4) is 0 Å². The van der Waals surface area contributed by atoms with Crippen molar-refractivity contribution in [1.82, 2.24) is 0 Å². The molecule has 14 heavy (non-hydrogen) atoms. The second kappa shape index (κ2) is 3.56. The van der Waals surface area contributed by atoms with E-state index in [1.807, 2.05) is 0 Å². The van der Waals surface area contributed by atoms with Crippen molar-refractivity contribution in [3.05, 3.63) is 41.0 Å². The van der Waals surface area contributed by atoms with Crippen molar-refractivity contribution < 1.29 is 0 Å². The van der Waals surface area contributed by atoms with Gasteiger partial charge in [0.15, 0.2) is 0 Å². The smallest absolute Gasteiger partial charge is 0.0473 e. The highest BCUT2D eigenvalue weighted by Gasteiger charge is 2.29. The van der Waals surface area contributed by atoms with E-state index in [0.717, 1.165) is 5.03 Å². The SMILES string of the molecule is CC1=C(Cl)c2ccccc2C1[SiH](C)C. The fourth-order valence-electron chi connectivity index (χ4n) is 2.41. The molecular formula is C12H15ClSi. The van der Waals surface area contributed by atoms with Crippen molar-refractivity contribution >= 4 is 25.4 Å². The Morgan fingerprint density at radius 3 is 2.50 bits per heavy atom. The Hall–Kier alpha value is -0.533. The van der Waals surface area contributed by atoms with E-state index in [2.05, 4.69) is 44.3 Å². The summed E-state index contributed by atoms with van der Waals surface area (Å²) in [6.45, 7) is 6.96. The molecule has 0 spiro atoms. The van der Waals surface area contributed by atoms with Crippen LogP contribution in [0.15, 0.2) is 29.8 Å². The van der Waals surface area contributed by atoms with Gasteiger partial charge in [-0.2, -0.15) is 0 Å². The lowest BCUT2D eigenvalue weighted by Gasteiger charge is -2.16. The zero-order valence-electron chi connectivity index (χ0n) is 8.84. The van der Waals surface area contributed by atoms with Crippen LogP contribution in [0.5, 0.6) is 0 Å². The first-order valence-electron chi connectivity index (χ1n) is 5.08. The van der Waals surface area contributed by atoms with Gasteiger partial charge < -0.3 is 0 Å². The highest BCUT2D eigenvalue weighted by Crippen LogP contribution is 2.44. The van der Waals surface area contributed by atoms with E-state index in [1.54, 1.807) is 0 Å². The Balaban J connectivity index is 2.58. The highest BCUT2D eigenvalue weighted by atomic mass is 35.5. The summed E-state index contributed by atoms with van der Waals surface area (Å²) in [7, 11) is -0.699. The van der Waals surface area contributed by atoms with Crippen LogP contribution < -0.4 is 0 Å². The minimum Gasteiger partial charge on any atom is -0.0837 e. The molecule has 0 heterocycles. The molecule has 1 unspecified atom stereocenters. The summed E-state index contributed by atoms with van der Waals surface area (Å²) in [5.41, 5.74) is 4.75. The molecular weight excluding hydrogens is 208 g/mol. The molecule has 0 fully saturated rings. The van der Waals surface area contributed by atoms with Crippen molar-refractivity contribution in [1.29, 1.82) is 0 Å². The van der Waals surface area contributed by atoms with Gasteiger partial charge in [-0.25, -0.2) is 0 Å². The molecule has 2 rings (SSSR count). The average Bonchev–Trinajstić information content (AvgIpc) is 2.41. The maximum atomic E-state index is 6.33. The maximum Gasteiger partial charge on any atom is 0.0473 e. The summed E-state index contributed by atoms with van der Waals surface area (Å²) >= 11 is 6.33. The van der Waals surface area contributed by atoms with Gasteiger partial charge in [0, 0.05) is 13.8 Å². The third-order valence-corrected chi connectivity index (χ3v) is 5.71. The van der Waals surface area contributed by atoms with Crippen molar-refractivity contribution in [2.75, 3.05) is 0 Å². The molecule has 0 radical (unpaired) electrons. The first kappa shape index (κ1) is 10.0. The van der Waals surface area contributed by atoms with Gasteiger partial charge >= 0.3 is 0 Å². The van der Waals surface area contributed by atoms with E-state index < -0.39 is 8.80 Å². The average molecular weight is 223 g/mol. The summed E-state index contributed by atoms with van der Waals surface area (Å²) in [6.07, 6.45) is 0. The van der Waals surface area contributed by atoms with E-state index in [1.165, 1.54) is 16.7 Å². The van der Waals surface area contributed by atoms with Gasteiger partial charge in [-0.1, -0.05) is 49.0 Å². The van der Waals surface area contributed by atoms with Crippen LogP contribution in [0, 0.1) is 0 Å². The zero-order valence-corrected chi connectivity index (χ0v) is 10.8. The maximum absolute atomic E-state index is 6.33. The van der Waals surface area contributed by atoms with Gasteiger partial charge in [-0.15, -0.1) is 0 Å². The van der Waals surface area contributed by atoms with Crippen molar-refractivity contribution in [2.45, 2.75) is 25.6 Å². The summed E-state index contributed by atoms with van der Waals surface area (Å²) in [6, 6.07) is 8.55. The molecule has 0 saturated carbocycles. The third kappa shape index (κ3) is 1.35. The Morgan fingerprint density at radius 1 is 1.21 bits per heavy atom. The van der Waals surface area contributed by atoms with Gasteiger partial charge in [-0.05, 0) is 29.2 Å². The Kier molecular flexibility index (Phi) is 2.54. The first-order chi connectivity index (χ1) is 6.63. The molecule has 74 valence electrons. The topological polar surface area (TPSA) is 0 Å². The third-order valence-electron chi connectivity index (χ3n) is 3.01. The molecule has 0 bridgehead atoms. The van der Waals surface area contributed by atoms with Gasteiger partial charge in [0.25, 0.3) is 0 Å². The standard InChI is InChI=1S/C12H15ClSi/c1-8-11(13)9-6-4-5-7-10(9)12(8)14(2)3/h4-7,12,14H,1-3H3. The Morgan fingerprint density at radius 2 is 1.86 bits per heavy atom. The monoisotopic (exact) mass is 222 g/mol. The van der Waals surface area contributed by atoms with Crippen molar-refractivity contribution in [2.24, 2.45) is 0 Å². The summed E-state index contributed by atoms with van der Waals surface area (Å²) < 4.78 is 0. The van der Waals surface area contributed by atoms with E-state index in [9.17, 15) is 0 Å². The highest BCUT2D eigenvalue weighted by molar-refractivity contribution is 6.61. The number of halogens is 1. The minimum atomic E-state index is -0.699. The van der Waals surface area contributed by atoms with Crippen LogP contribution in [0.25, 0.3) is 5.03 Å². The fraction of sp³-hybridized carbons (Fsp3) is 0.333. The predicted octanol–water partition coefficient (Wildman–Crippen LogP) is 3.78. The van der Waals surface area contributed by atoms with Gasteiger partial charge in [0.05, 0.1) is 0 Å². The number of hydrogen-bond donors (Lipinski definition) is 0. The summed E-state index contributed by atoms with van der Waals surface area (Å²) in [4.78, 5) is 0. The normalized spacial score (nSPS) is 20.5. The molecule has 1 aliphatic rings. The number of benzene rings is 1. The molecule has 1 atom stereocenters. The van der Waals surface area contributed by atoms with Gasteiger partial charge in [0.2, 0.25) is 0 Å². The first-order valence-corrected chi connectivity index (χ1v) is 8.44. The zero-order chi connectivity index (χ0) is 10.3. The number of hydrogen-bond acceptors (Lipinski definition) is 0. The van der Waals surface area contributed by atoms with Gasteiger partial charge in [-0.3, -0.25) is 0 Å². The quantitative estimate of drug-likeness (QED) is 0.635. The van der Waals surface area contributed by atoms with Crippen molar-refractivity contribution in [3.63, 3.8) is 0 Å². The van der Waals surface area contributed by atoms with Crippen LogP contribution in [-0.4, -0.2) is 8.80 Å². The number of rotatable bonds is 1. The van der Waals surface area contributed by atoms with E-state index in [-0.39, 0.29) is 0 Å². The lowest BCUT2D eigenvalue weighted by atomic mass is 10.1.